The number of ether oxygens (including phenoxy) is 2. The molecule has 2 amide bonds. The van der Waals surface area contributed by atoms with Gasteiger partial charge in [-0.25, -0.2) is 0 Å². The zero-order chi connectivity index (χ0) is 22.1. The molecule has 8 heteroatoms. The molecule has 0 aliphatic carbocycles. The minimum atomic E-state index is -0.491. The summed E-state index contributed by atoms with van der Waals surface area (Å²) in [6.07, 6.45) is 0. The van der Waals surface area contributed by atoms with Crippen molar-refractivity contribution in [3.05, 3.63) is 88.9 Å². The van der Waals surface area contributed by atoms with E-state index < -0.39 is 11.8 Å². The topological polar surface area (TPSA) is 76.7 Å². The van der Waals surface area contributed by atoms with Gasteiger partial charge >= 0.3 is 0 Å². The molecule has 160 valence electrons. The van der Waals surface area contributed by atoms with Gasteiger partial charge in [-0.1, -0.05) is 35.9 Å². The van der Waals surface area contributed by atoms with Crippen molar-refractivity contribution in [2.24, 2.45) is 0 Å². The molecule has 0 saturated heterocycles. The number of amides is 2. The van der Waals surface area contributed by atoms with Gasteiger partial charge in [0, 0.05) is 21.2 Å². The largest absolute Gasteiger partial charge is 0.493 e. The fraction of sp³-hybridized carbons (Fsp3) is 0.130. The minimum Gasteiger partial charge on any atom is -0.493 e. The molecule has 0 aliphatic rings. The molecule has 0 heterocycles. The Bertz CT molecular complexity index is 1030. The highest BCUT2D eigenvalue weighted by molar-refractivity contribution is 7.98. The predicted molar refractivity (Wildman–Crippen MR) is 122 cm³/mol. The van der Waals surface area contributed by atoms with Gasteiger partial charge in [0.05, 0.1) is 7.11 Å². The zero-order valence-corrected chi connectivity index (χ0v) is 18.3. The molecule has 0 bridgehead atoms. The van der Waals surface area contributed by atoms with Gasteiger partial charge < -0.3 is 9.47 Å². The summed E-state index contributed by atoms with van der Waals surface area (Å²) in [6, 6.07) is 21.8. The van der Waals surface area contributed by atoms with E-state index in [-0.39, 0.29) is 6.61 Å². The third-order valence-corrected chi connectivity index (χ3v) is 5.51. The number of hydrogen-bond acceptors (Lipinski definition) is 5. The Kier molecular flexibility index (Phi) is 8.20. The third-order valence-electron chi connectivity index (χ3n) is 4.18. The highest BCUT2D eigenvalue weighted by Crippen LogP contribution is 2.26. The normalized spacial score (nSPS) is 10.3. The second kappa shape index (κ2) is 11.3. The molecular formula is C23H21ClN2O4S. The number of para-hydroxylation sites is 2. The summed E-state index contributed by atoms with van der Waals surface area (Å²) in [5, 5.41) is 0.707. The highest BCUT2D eigenvalue weighted by atomic mass is 35.5. The van der Waals surface area contributed by atoms with E-state index in [1.54, 1.807) is 48.2 Å². The second-order valence-electron chi connectivity index (χ2n) is 6.38. The molecular weight excluding hydrogens is 436 g/mol. The molecule has 0 aliphatic heterocycles. The van der Waals surface area contributed by atoms with Crippen LogP contribution in [0.4, 0.5) is 0 Å². The van der Waals surface area contributed by atoms with Crippen LogP contribution in [0.5, 0.6) is 11.5 Å². The van der Waals surface area contributed by atoms with Crippen LogP contribution in [-0.4, -0.2) is 25.5 Å². The molecule has 0 unspecified atom stereocenters. The Morgan fingerprint density at radius 3 is 2.26 bits per heavy atom. The zero-order valence-electron chi connectivity index (χ0n) is 16.8. The lowest BCUT2D eigenvalue weighted by Gasteiger charge is -2.11. The number of methoxy groups -OCH3 is 1. The Labute approximate surface area is 189 Å². The minimum absolute atomic E-state index is 0.262. The average Bonchev–Trinajstić information content (AvgIpc) is 2.81. The smallest absolute Gasteiger partial charge is 0.276 e. The van der Waals surface area contributed by atoms with Crippen LogP contribution < -0.4 is 20.3 Å². The fourth-order valence-corrected chi connectivity index (χ4v) is 3.55. The van der Waals surface area contributed by atoms with Crippen molar-refractivity contribution >= 4 is 35.2 Å². The standard InChI is InChI=1S/C23H21ClN2O4S/c1-29-20-4-2-3-5-21(20)30-14-22(27)25-26-23(28)17-8-6-16(7-9-17)15-31-19-12-10-18(24)11-13-19/h2-13H,14-15H2,1H3,(H,25,27)(H,26,28). The first-order valence-electron chi connectivity index (χ1n) is 9.37. The van der Waals surface area contributed by atoms with Crippen molar-refractivity contribution in [1.29, 1.82) is 0 Å². The Hall–Kier alpha value is -3.16. The molecule has 0 saturated carbocycles. The van der Waals surface area contributed by atoms with E-state index in [1.165, 1.54) is 7.11 Å². The lowest BCUT2D eigenvalue weighted by molar-refractivity contribution is -0.123. The summed E-state index contributed by atoms with van der Waals surface area (Å²) in [4.78, 5) is 25.3. The van der Waals surface area contributed by atoms with Gasteiger partial charge in [-0.05, 0) is 54.1 Å². The molecule has 0 aromatic heterocycles. The van der Waals surface area contributed by atoms with Crippen LogP contribution in [0.1, 0.15) is 15.9 Å². The Morgan fingerprint density at radius 2 is 1.58 bits per heavy atom. The number of benzene rings is 3. The van der Waals surface area contributed by atoms with Crippen molar-refractivity contribution in [3.63, 3.8) is 0 Å². The van der Waals surface area contributed by atoms with E-state index in [0.29, 0.717) is 22.1 Å². The second-order valence-corrected chi connectivity index (χ2v) is 7.87. The van der Waals surface area contributed by atoms with Crippen molar-refractivity contribution in [2.45, 2.75) is 10.6 Å². The van der Waals surface area contributed by atoms with E-state index in [4.69, 9.17) is 21.1 Å². The van der Waals surface area contributed by atoms with Crippen molar-refractivity contribution < 1.29 is 19.1 Å². The number of hydrogen-bond donors (Lipinski definition) is 2. The maximum Gasteiger partial charge on any atom is 0.276 e. The number of hydrazine groups is 1. The summed E-state index contributed by atoms with van der Waals surface area (Å²) in [5.74, 6) is 0.825. The van der Waals surface area contributed by atoms with E-state index in [2.05, 4.69) is 10.9 Å². The lowest BCUT2D eigenvalue weighted by Crippen LogP contribution is -2.43. The van der Waals surface area contributed by atoms with Crippen molar-refractivity contribution in [3.8, 4) is 11.5 Å². The molecule has 3 aromatic carbocycles. The average molecular weight is 457 g/mol. The number of halogens is 1. The highest BCUT2D eigenvalue weighted by Gasteiger charge is 2.10. The van der Waals surface area contributed by atoms with Gasteiger partial charge in [0.25, 0.3) is 11.8 Å². The molecule has 0 spiro atoms. The summed E-state index contributed by atoms with van der Waals surface area (Å²) in [5.41, 5.74) is 6.23. The summed E-state index contributed by atoms with van der Waals surface area (Å²) < 4.78 is 10.6. The molecule has 0 radical (unpaired) electrons. The lowest BCUT2D eigenvalue weighted by atomic mass is 10.1. The maximum absolute atomic E-state index is 12.2. The molecule has 3 aromatic rings. The number of rotatable bonds is 8. The van der Waals surface area contributed by atoms with Crippen LogP contribution in [0.3, 0.4) is 0 Å². The van der Waals surface area contributed by atoms with E-state index in [0.717, 1.165) is 16.2 Å². The molecule has 31 heavy (non-hydrogen) atoms. The molecule has 3 rings (SSSR count). The van der Waals surface area contributed by atoms with Crippen LogP contribution in [-0.2, 0) is 10.5 Å². The van der Waals surface area contributed by atoms with Crippen LogP contribution in [0.2, 0.25) is 5.02 Å². The Morgan fingerprint density at radius 1 is 0.903 bits per heavy atom. The first-order valence-corrected chi connectivity index (χ1v) is 10.7. The van der Waals surface area contributed by atoms with Crippen molar-refractivity contribution in [1.82, 2.24) is 10.9 Å². The first-order chi connectivity index (χ1) is 15.0. The number of carbonyl (C=O) groups is 2. The van der Waals surface area contributed by atoms with Crippen LogP contribution in [0.15, 0.2) is 77.7 Å². The quantitative estimate of drug-likeness (QED) is 0.386. The van der Waals surface area contributed by atoms with E-state index in [1.807, 2.05) is 36.4 Å². The summed E-state index contributed by atoms with van der Waals surface area (Å²) >= 11 is 7.57. The molecule has 0 atom stereocenters. The van der Waals surface area contributed by atoms with Gasteiger partial charge in [-0.3, -0.25) is 20.4 Å². The SMILES string of the molecule is COc1ccccc1OCC(=O)NNC(=O)c1ccc(CSc2ccc(Cl)cc2)cc1. The molecule has 0 fully saturated rings. The monoisotopic (exact) mass is 456 g/mol. The number of nitrogens with one attached hydrogen (secondary N) is 2. The molecule has 2 N–H and O–H groups in total. The summed E-state index contributed by atoms with van der Waals surface area (Å²) in [7, 11) is 1.52. The Balaban J connectivity index is 1.43. The van der Waals surface area contributed by atoms with Gasteiger partial charge in [0.15, 0.2) is 18.1 Å². The van der Waals surface area contributed by atoms with Crippen LogP contribution in [0.25, 0.3) is 0 Å². The first kappa shape index (κ1) is 22.5. The van der Waals surface area contributed by atoms with E-state index >= 15 is 0 Å². The number of thioether (sulfide) groups is 1. The van der Waals surface area contributed by atoms with Crippen molar-refractivity contribution in [2.75, 3.05) is 13.7 Å². The maximum atomic E-state index is 12.2. The third kappa shape index (κ3) is 6.94. The summed E-state index contributed by atoms with van der Waals surface area (Å²) in [6.45, 7) is -0.262. The van der Waals surface area contributed by atoms with Gasteiger partial charge in [-0.2, -0.15) is 0 Å². The predicted octanol–water partition coefficient (Wildman–Crippen LogP) is 4.48. The van der Waals surface area contributed by atoms with Crippen LogP contribution >= 0.6 is 23.4 Å². The van der Waals surface area contributed by atoms with Gasteiger partial charge in [-0.15, -0.1) is 11.8 Å². The molecule has 6 nitrogen and oxygen atoms in total. The number of carbonyl (C=O) groups excluding carboxylic acids is 2. The van der Waals surface area contributed by atoms with E-state index in [9.17, 15) is 9.59 Å². The fourth-order valence-electron chi connectivity index (χ4n) is 2.57. The van der Waals surface area contributed by atoms with Crippen LogP contribution in [0, 0.1) is 0 Å². The van der Waals surface area contributed by atoms with Gasteiger partial charge in [0.2, 0.25) is 0 Å². The van der Waals surface area contributed by atoms with Gasteiger partial charge in [0.1, 0.15) is 0 Å².